The van der Waals surface area contributed by atoms with Crippen LogP contribution in [0.5, 0.6) is 0 Å². The zero-order valence-corrected chi connectivity index (χ0v) is 15.2. The maximum Gasteiger partial charge on any atom is 0.344 e. The Morgan fingerprint density at radius 1 is 0.800 bits per heavy atom. The van der Waals surface area contributed by atoms with Crippen LogP contribution in [0.3, 0.4) is 0 Å². The van der Waals surface area contributed by atoms with E-state index in [4.69, 9.17) is 4.42 Å². The van der Waals surface area contributed by atoms with Gasteiger partial charge in [-0.05, 0) is 41.8 Å². The SMILES string of the molecule is Cc1ccc2c(-c3ccccc3)c(-c3cccc(Br)c3)c(=O)oc2c1. The Labute approximate surface area is 153 Å². The number of rotatable bonds is 2. The van der Waals surface area contributed by atoms with E-state index in [1.54, 1.807) is 0 Å². The van der Waals surface area contributed by atoms with Gasteiger partial charge in [0.1, 0.15) is 5.58 Å². The Kier molecular flexibility index (Phi) is 4.02. The van der Waals surface area contributed by atoms with E-state index < -0.39 is 0 Å². The summed E-state index contributed by atoms with van der Waals surface area (Å²) in [4.78, 5) is 12.9. The Morgan fingerprint density at radius 2 is 1.56 bits per heavy atom. The molecule has 3 heteroatoms. The molecule has 0 aliphatic heterocycles. The highest BCUT2D eigenvalue weighted by Crippen LogP contribution is 2.36. The lowest BCUT2D eigenvalue weighted by Crippen LogP contribution is -2.06. The van der Waals surface area contributed by atoms with Crippen LogP contribution >= 0.6 is 15.9 Å². The van der Waals surface area contributed by atoms with Gasteiger partial charge in [-0.3, -0.25) is 0 Å². The topological polar surface area (TPSA) is 30.2 Å². The van der Waals surface area contributed by atoms with Gasteiger partial charge in [0.25, 0.3) is 0 Å². The molecule has 0 bridgehead atoms. The van der Waals surface area contributed by atoms with Crippen molar-refractivity contribution in [2.24, 2.45) is 0 Å². The van der Waals surface area contributed by atoms with Gasteiger partial charge in [-0.2, -0.15) is 0 Å². The van der Waals surface area contributed by atoms with Gasteiger partial charge < -0.3 is 4.42 Å². The van der Waals surface area contributed by atoms with Crippen molar-refractivity contribution in [2.75, 3.05) is 0 Å². The molecule has 122 valence electrons. The lowest BCUT2D eigenvalue weighted by molar-refractivity contribution is 0.563. The molecule has 4 aromatic rings. The van der Waals surface area contributed by atoms with E-state index in [1.807, 2.05) is 79.7 Å². The van der Waals surface area contributed by atoms with Crippen molar-refractivity contribution in [3.8, 4) is 22.3 Å². The minimum atomic E-state index is -0.324. The summed E-state index contributed by atoms with van der Waals surface area (Å²) in [5.74, 6) is 0. The lowest BCUT2D eigenvalue weighted by atomic mass is 9.93. The molecule has 0 saturated heterocycles. The molecule has 0 N–H and O–H groups in total. The van der Waals surface area contributed by atoms with Crippen molar-refractivity contribution in [1.29, 1.82) is 0 Å². The molecular weight excluding hydrogens is 376 g/mol. The molecule has 0 aliphatic rings. The molecule has 1 aromatic heterocycles. The summed E-state index contributed by atoms with van der Waals surface area (Å²) in [5, 5.41) is 0.936. The van der Waals surface area contributed by atoms with Crippen LogP contribution in [0, 0.1) is 6.92 Å². The van der Waals surface area contributed by atoms with Crippen molar-refractivity contribution in [1.82, 2.24) is 0 Å². The molecule has 0 radical (unpaired) electrons. The highest BCUT2D eigenvalue weighted by atomic mass is 79.9. The number of aryl methyl sites for hydroxylation is 1. The van der Waals surface area contributed by atoms with Gasteiger partial charge in [-0.25, -0.2) is 4.79 Å². The summed E-state index contributed by atoms with van der Waals surface area (Å²) in [5.41, 5.74) is 4.68. The zero-order chi connectivity index (χ0) is 17.4. The van der Waals surface area contributed by atoms with E-state index in [0.29, 0.717) is 11.1 Å². The van der Waals surface area contributed by atoms with Crippen molar-refractivity contribution in [3.63, 3.8) is 0 Å². The molecule has 3 aromatic carbocycles. The van der Waals surface area contributed by atoms with Gasteiger partial charge in [0.05, 0.1) is 5.56 Å². The highest BCUT2D eigenvalue weighted by molar-refractivity contribution is 9.10. The molecule has 4 rings (SSSR count). The van der Waals surface area contributed by atoms with Crippen LogP contribution in [-0.2, 0) is 0 Å². The van der Waals surface area contributed by atoms with Crippen molar-refractivity contribution in [3.05, 3.63) is 93.3 Å². The third-order valence-corrected chi connectivity index (χ3v) is 4.73. The molecule has 0 spiro atoms. The fourth-order valence-electron chi connectivity index (χ4n) is 3.12. The van der Waals surface area contributed by atoms with Crippen molar-refractivity contribution < 1.29 is 4.42 Å². The Morgan fingerprint density at radius 3 is 2.32 bits per heavy atom. The largest absolute Gasteiger partial charge is 0.422 e. The average Bonchev–Trinajstić information content (AvgIpc) is 2.61. The molecule has 0 fully saturated rings. The van der Waals surface area contributed by atoms with Gasteiger partial charge in [0, 0.05) is 15.4 Å². The van der Waals surface area contributed by atoms with Gasteiger partial charge in [0.15, 0.2) is 0 Å². The Balaban J connectivity index is 2.17. The highest BCUT2D eigenvalue weighted by Gasteiger charge is 2.18. The van der Waals surface area contributed by atoms with Crippen molar-refractivity contribution >= 4 is 26.9 Å². The van der Waals surface area contributed by atoms with E-state index in [9.17, 15) is 4.79 Å². The van der Waals surface area contributed by atoms with Crippen LogP contribution in [0.2, 0.25) is 0 Å². The molecule has 0 aliphatic carbocycles. The molecule has 2 nitrogen and oxygen atoms in total. The van der Waals surface area contributed by atoms with Crippen LogP contribution in [0.1, 0.15) is 5.56 Å². The fourth-order valence-corrected chi connectivity index (χ4v) is 3.52. The maximum atomic E-state index is 12.9. The van der Waals surface area contributed by atoms with Crippen molar-refractivity contribution in [2.45, 2.75) is 6.92 Å². The summed E-state index contributed by atoms with van der Waals surface area (Å²) in [6.45, 7) is 1.99. The quantitative estimate of drug-likeness (QED) is 0.381. The monoisotopic (exact) mass is 390 g/mol. The lowest BCUT2D eigenvalue weighted by Gasteiger charge is -2.13. The van der Waals surface area contributed by atoms with E-state index >= 15 is 0 Å². The first kappa shape index (κ1) is 15.9. The molecule has 25 heavy (non-hydrogen) atoms. The van der Waals surface area contributed by atoms with E-state index in [-0.39, 0.29) is 5.63 Å². The van der Waals surface area contributed by atoms with Gasteiger partial charge in [-0.15, -0.1) is 0 Å². The number of halogens is 1. The summed E-state index contributed by atoms with van der Waals surface area (Å²) in [6.07, 6.45) is 0. The molecule has 0 atom stereocenters. The summed E-state index contributed by atoms with van der Waals surface area (Å²) in [7, 11) is 0. The first-order valence-corrected chi connectivity index (χ1v) is 8.81. The number of fused-ring (bicyclic) bond motifs is 1. The van der Waals surface area contributed by atoms with E-state index in [2.05, 4.69) is 15.9 Å². The van der Waals surface area contributed by atoms with E-state index in [0.717, 1.165) is 32.1 Å². The summed E-state index contributed by atoms with van der Waals surface area (Å²) < 4.78 is 6.58. The fraction of sp³-hybridized carbons (Fsp3) is 0.0455. The number of hydrogen-bond acceptors (Lipinski definition) is 2. The smallest absolute Gasteiger partial charge is 0.344 e. The Hall–Kier alpha value is -2.65. The maximum absolute atomic E-state index is 12.9. The summed E-state index contributed by atoms with van der Waals surface area (Å²) in [6, 6.07) is 23.7. The Bertz CT molecular complexity index is 1130. The second-order valence-electron chi connectivity index (χ2n) is 6.02. The van der Waals surface area contributed by atoms with Crippen LogP contribution in [0.4, 0.5) is 0 Å². The molecule has 1 heterocycles. The average molecular weight is 391 g/mol. The van der Waals surface area contributed by atoms with Gasteiger partial charge >= 0.3 is 5.63 Å². The van der Waals surface area contributed by atoms with Crippen LogP contribution in [-0.4, -0.2) is 0 Å². The molecule has 0 unspecified atom stereocenters. The number of benzene rings is 3. The predicted octanol–water partition coefficient (Wildman–Crippen LogP) is 6.20. The molecule has 0 amide bonds. The second-order valence-corrected chi connectivity index (χ2v) is 6.93. The minimum Gasteiger partial charge on any atom is -0.422 e. The minimum absolute atomic E-state index is 0.324. The van der Waals surface area contributed by atoms with Crippen LogP contribution < -0.4 is 5.63 Å². The standard InChI is InChI=1S/C22H15BrO2/c1-14-10-11-18-19(12-14)25-22(24)21(16-8-5-9-17(23)13-16)20(18)15-6-3-2-4-7-15/h2-13H,1H3. The summed E-state index contributed by atoms with van der Waals surface area (Å²) >= 11 is 3.49. The zero-order valence-electron chi connectivity index (χ0n) is 13.6. The third kappa shape index (κ3) is 2.92. The first-order valence-electron chi connectivity index (χ1n) is 8.02. The van der Waals surface area contributed by atoms with Crippen LogP contribution in [0.15, 0.2) is 86.5 Å². The second kappa shape index (κ2) is 6.34. The molecule has 0 saturated carbocycles. The normalized spacial score (nSPS) is 11.0. The van der Waals surface area contributed by atoms with Gasteiger partial charge in [0.2, 0.25) is 0 Å². The first-order chi connectivity index (χ1) is 12.1. The predicted molar refractivity (Wildman–Crippen MR) is 106 cm³/mol. The van der Waals surface area contributed by atoms with Gasteiger partial charge in [-0.1, -0.05) is 70.5 Å². The van der Waals surface area contributed by atoms with E-state index in [1.165, 1.54) is 0 Å². The third-order valence-electron chi connectivity index (χ3n) is 4.24. The molecular formula is C22H15BrO2. The number of hydrogen-bond donors (Lipinski definition) is 0. The van der Waals surface area contributed by atoms with Crippen LogP contribution in [0.25, 0.3) is 33.2 Å².